The van der Waals surface area contributed by atoms with Crippen molar-refractivity contribution in [3.63, 3.8) is 0 Å². The first-order valence-electron chi connectivity index (χ1n) is 5.13. The molecule has 5 N–H and O–H groups in total. The number of amides is 1. The second-order valence-corrected chi connectivity index (χ2v) is 3.63. The van der Waals surface area contributed by atoms with E-state index in [0.717, 1.165) is 11.4 Å². The van der Waals surface area contributed by atoms with Gasteiger partial charge in [0, 0.05) is 18.5 Å². The lowest BCUT2D eigenvalue weighted by molar-refractivity contribution is -0.118. The number of carbonyl (C=O) groups is 1. The van der Waals surface area contributed by atoms with Gasteiger partial charge in [0.15, 0.2) is 0 Å². The summed E-state index contributed by atoms with van der Waals surface area (Å²) >= 11 is 0. The highest BCUT2D eigenvalue weighted by molar-refractivity contribution is 5.73. The monoisotopic (exact) mass is 223 g/mol. The van der Waals surface area contributed by atoms with Gasteiger partial charge in [0.25, 0.3) is 0 Å². The van der Waals surface area contributed by atoms with Crippen molar-refractivity contribution < 1.29 is 4.79 Å². The zero-order valence-corrected chi connectivity index (χ0v) is 9.58. The minimum absolute atomic E-state index is 0.295. The van der Waals surface area contributed by atoms with Gasteiger partial charge in [-0.2, -0.15) is 0 Å². The summed E-state index contributed by atoms with van der Waals surface area (Å²) in [7, 11) is 0. The Balaban J connectivity index is 2.57. The molecule has 0 bridgehead atoms. The predicted molar refractivity (Wildman–Crippen MR) is 62.8 cm³/mol. The van der Waals surface area contributed by atoms with Crippen molar-refractivity contribution in [2.45, 2.75) is 26.7 Å². The fraction of sp³-hybridized carbons (Fsp3) is 0.500. The summed E-state index contributed by atoms with van der Waals surface area (Å²) in [6.07, 6.45) is 1.04. The first kappa shape index (κ1) is 12.2. The van der Waals surface area contributed by atoms with E-state index < -0.39 is 0 Å². The Hall–Kier alpha value is -1.85. The molecular formula is C10H17N5O. The van der Waals surface area contributed by atoms with Crippen LogP contribution in [0.15, 0.2) is 0 Å². The smallest absolute Gasteiger partial charge is 0.217 e. The van der Waals surface area contributed by atoms with Crippen LogP contribution in [0.2, 0.25) is 0 Å². The molecule has 1 amide bonds. The number of anilines is 2. The van der Waals surface area contributed by atoms with E-state index in [2.05, 4.69) is 15.3 Å². The lowest BCUT2D eigenvalue weighted by atomic mass is 10.2. The molecule has 0 spiro atoms. The van der Waals surface area contributed by atoms with Crippen molar-refractivity contribution in [2.75, 3.05) is 17.6 Å². The highest BCUT2D eigenvalue weighted by Gasteiger charge is 2.05. The van der Waals surface area contributed by atoms with Gasteiger partial charge < -0.3 is 16.8 Å². The molecule has 0 aliphatic carbocycles. The standard InChI is InChI=1S/C10H17N5O/c1-6-9(12)14-7(2)15-10(6)13-5-3-4-8(11)16/h3-5H2,1-2H3,(H2,11,16)(H3,12,13,14,15). The summed E-state index contributed by atoms with van der Waals surface area (Å²) in [5.74, 6) is 1.52. The number of carbonyl (C=O) groups excluding carboxylic acids is 1. The van der Waals surface area contributed by atoms with Crippen LogP contribution in [0.5, 0.6) is 0 Å². The van der Waals surface area contributed by atoms with E-state index >= 15 is 0 Å². The molecule has 0 unspecified atom stereocenters. The van der Waals surface area contributed by atoms with E-state index in [1.54, 1.807) is 6.92 Å². The number of rotatable bonds is 5. The minimum Gasteiger partial charge on any atom is -0.383 e. The van der Waals surface area contributed by atoms with Crippen LogP contribution in [0.4, 0.5) is 11.6 Å². The number of nitrogens with one attached hydrogen (secondary N) is 1. The van der Waals surface area contributed by atoms with Gasteiger partial charge in [-0.1, -0.05) is 0 Å². The first-order chi connectivity index (χ1) is 7.50. The molecule has 0 aliphatic heterocycles. The highest BCUT2D eigenvalue weighted by atomic mass is 16.1. The third-order valence-corrected chi connectivity index (χ3v) is 2.19. The fourth-order valence-corrected chi connectivity index (χ4v) is 1.29. The van der Waals surface area contributed by atoms with Gasteiger partial charge in [-0.15, -0.1) is 0 Å². The van der Waals surface area contributed by atoms with Crippen LogP contribution in [0.25, 0.3) is 0 Å². The molecule has 0 fully saturated rings. The number of aromatic nitrogens is 2. The third kappa shape index (κ3) is 3.38. The molecule has 1 heterocycles. The maximum Gasteiger partial charge on any atom is 0.217 e. The number of nitrogen functional groups attached to an aromatic ring is 1. The Morgan fingerprint density at radius 3 is 2.69 bits per heavy atom. The van der Waals surface area contributed by atoms with Crippen LogP contribution >= 0.6 is 0 Å². The van der Waals surface area contributed by atoms with Gasteiger partial charge >= 0.3 is 0 Å². The van der Waals surface area contributed by atoms with Gasteiger partial charge in [-0.05, 0) is 20.3 Å². The Morgan fingerprint density at radius 1 is 1.38 bits per heavy atom. The number of hydrogen-bond donors (Lipinski definition) is 3. The van der Waals surface area contributed by atoms with Gasteiger partial charge in [0.05, 0.1) is 0 Å². The zero-order valence-electron chi connectivity index (χ0n) is 9.58. The van der Waals surface area contributed by atoms with E-state index in [-0.39, 0.29) is 5.91 Å². The average molecular weight is 223 g/mol. The molecule has 6 heteroatoms. The summed E-state index contributed by atoms with van der Waals surface area (Å²) in [6.45, 7) is 4.27. The zero-order chi connectivity index (χ0) is 12.1. The maximum atomic E-state index is 10.5. The van der Waals surface area contributed by atoms with Gasteiger partial charge in [0.2, 0.25) is 5.91 Å². The molecule has 0 aliphatic rings. The second-order valence-electron chi connectivity index (χ2n) is 3.63. The summed E-state index contributed by atoms with van der Waals surface area (Å²) in [5, 5.41) is 3.11. The number of nitrogens with two attached hydrogens (primary N) is 2. The van der Waals surface area contributed by atoms with E-state index in [4.69, 9.17) is 11.5 Å². The lowest BCUT2D eigenvalue weighted by Crippen LogP contribution is -2.14. The normalized spacial score (nSPS) is 10.1. The van der Waals surface area contributed by atoms with Gasteiger partial charge in [0.1, 0.15) is 17.5 Å². The van der Waals surface area contributed by atoms with Crippen LogP contribution < -0.4 is 16.8 Å². The molecule has 1 aromatic rings. The Labute approximate surface area is 94.5 Å². The molecule has 0 radical (unpaired) electrons. The average Bonchev–Trinajstić information content (AvgIpc) is 2.19. The maximum absolute atomic E-state index is 10.5. The predicted octanol–water partition coefficient (Wildman–Crippen LogP) is 0.353. The van der Waals surface area contributed by atoms with Crippen molar-refractivity contribution in [1.29, 1.82) is 0 Å². The van der Waals surface area contributed by atoms with Crippen molar-refractivity contribution in [3.05, 3.63) is 11.4 Å². The molecule has 1 aromatic heterocycles. The van der Waals surface area contributed by atoms with E-state index in [1.807, 2.05) is 6.92 Å². The van der Waals surface area contributed by atoms with Crippen molar-refractivity contribution >= 4 is 17.5 Å². The topological polar surface area (TPSA) is 107 Å². The molecular weight excluding hydrogens is 206 g/mol. The molecule has 1 rings (SSSR count). The van der Waals surface area contributed by atoms with E-state index in [0.29, 0.717) is 31.0 Å². The summed E-state index contributed by atoms with van der Waals surface area (Å²) in [6, 6.07) is 0. The fourth-order valence-electron chi connectivity index (χ4n) is 1.29. The summed E-state index contributed by atoms with van der Waals surface area (Å²) in [5.41, 5.74) is 11.6. The largest absolute Gasteiger partial charge is 0.383 e. The molecule has 16 heavy (non-hydrogen) atoms. The SMILES string of the molecule is Cc1nc(N)c(C)c(NCCCC(N)=O)n1. The Kier molecular flexibility index (Phi) is 4.04. The van der Waals surface area contributed by atoms with Crippen LogP contribution in [-0.2, 0) is 4.79 Å². The molecule has 0 atom stereocenters. The number of nitrogens with zero attached hydrogens (tertiary/aromatic N) is 2. The van der Waals surface area contributed by atoms with Crippen molar-refractivity contribution in [3.8, 4) is 0 Å². The van der Waals surface area contributed by atoms with Crippen molar-refractivity contribution in [2.24, 2.45) is 5.73 Å². The van der Waals surface area contributed by atoms with E-state index in [1.165, 1.54) is 0 Å². The van der Waals surface area contributed by atoms with Crippen molar-refractivity contribution in [1.82, 2.24) is 9.97 Å². The van der Waals surface area contributed by atoms with Gasteiger partial charge in [-0.3, -0.25) is 4.79 Å². The summed E-state index contributed by atoms with van der Waals surface area (Å²) < 4.78 is 0. The molecule has 6 nitrogen and oxygen atoms in total. The summed E-state index contributed by atoms with van der Waals surface area (Å²) in [4.78, 5) is 18.8. The molecule has 88 valence electrons. The Morgan fingerprint density at radius 2 is 2.06 bits per heavy atom. The minimum atomic E-state index is -0.295. The van der Waals surface area contributed by atoms with Crippen LogP contribution in [-0.4, -0.2) is 22.4 Å². The number of hydrogen-bond acceptors (Lipinski definition) is 5. The van der Waals surface area contributed by atoms with Crippen LogP contribution in [0, 0.1) is 13.8 Å². The van der Waals surface area contributed by atoms with E-state index in [9.17, 15) is 4.79 Å². The molecule has 0 saturated carbocycles. The number of aryl methyl sites for hydroxylation is 1. The Bertz CT molecular complexity index is 391. The molecule has 0 saturated heterocycles. The third-order valence-electron chi connectivity index (χ3n) is 2.19. The first-order valence-corrected chi connectivity index (χ1v) is 5.13. The van der Waals surface area contributed by atoms with Crippen LogP contribution in [0.3, 0.4) is 0 Å². The van der Waals surface area contributed by atoms with Crippen LogP contribution in [0.1, 0.15) is 24.2 Å². The second kappa shape index (κ2) is 5.29. The highest BCUT2D eigenvalue weighted by Crippen LogP contribution is 2.16. The number of primary amides is 1. The lowest BCUT2D eigenvalue weighted by Gasteiger charge is -2.10. The quantitative estimate of drug-likeness (QED) is 0.624. The van der Waals surface area contributed by atoms with Gasteiger partial charge in [-0.25, -0.2) is 9.97 Å². The molecule has 0 aromatic carbocycles.